The monoisotopic (exact) mass is 234 g/mol. The largest absolute Gasteiger partial charge is 0.468 e. The minimum atomic E-state index is -3.34. The van der Waals surface area contributed by atoms with Crippen molar-refractivity contribution in [3.63, 3.8) is 0 Å². The molecule has 15 heavy (non-hydrogen) atoms. The molecule has 0 bridgehead atoms. The molecule has 0 saturated heterocycles. The summed E-state index contributed by atoms with van der Waals surface area (Å²) in [7, 11) is -2.11. The fraction of sp³-hybridized carbons (Fsp3) is 0.900. The van der Waals surface area contributed by atoms with E-state index in [2.05, 4.69) is 4.74 Å². The maximum Gasteiger partial charge on any atom is 0.324 e. The predicted molar refractivity (Wildman–Crippen MR) is 57.3 cm³/mol. The van der Waals surface area contributed by atoms with Crippen LogP contribution in [-0.4, -0.2) is 32.0 Å². The van der Waals surface area contributed by atoms with E-state index in [1.54, 1.807) is 6.92 Å². The molecule has 88 valence electrons. The lowest BCUT2D eigenvalue weighted by Crippen LogP contribution is -2.36. The Bertz CT molecular complexity index is 314. The Morgan fingerprint density at radius 3 is 2.33 bits per heavy atom. The maximum absolute atomic E-state index is 12.1. The number of hydrogen-bond donors (Lipinski definition) is 0. The number of ether oxygens (including phenoxy) is 1. The Morgan fingerprint density at radius 2 is 1.93 bits per heavy atom. The average molecular weight is 234 g/mol. The highest BCUT2D eigenvalue weighted by molar-refractivity contribution is 7.93. The van der Waals surface area contributed by atoms with Gasteiger partial charge in [0.2, 0.25) is 0 Å². The van der Waals surface area contributed by atoms with E-state index in [1.807, 2.05) is 0 Å². The van der Waals surface area contributed by atoms with Gasteiger partial charge >= 0.3 is 5.97 Å². The van der Waals surface area contributed by atoms with E-state index in [0.717, 1.165) is 12.8 Å². The summed E-state index contributed by atoms with van der Waals surface area (Å²) in [5.41, 5.74) is 0. The lowest BCUT2D eigenvalue weighted by Gasteiger charge is -2.18. The Labute approximate surface area is 90.9 Å². The summed E-state index contributed by atoms with van der Waals surface area (Å²) in [6, 6.07) is 0. The van der Waals surface area contributed by atoms with Gasteiger partial charge in [0.25, 0.3) is 0 Å². The van der Waals surface area contributed by atoms with E-state index in [1.165, 1.54) is 7.11 Å². The molecule has 1 saturated carbocycles. The third-order valence-corrected chi connectivity index (χ3v) is 5.72. The molecule has 1 rings (SSSR count). The van der Waals surface area contributed by atoms with E-state index < -0.39 is 21.1 Å². The Morgan fingerprint density at radius 1 is 1.40 bits per heavy atom. The topological polar surface area (TPSA) is 60.4 Å². The minimum Gasteiger partial charge on any atom is -0.468 e. The zero-order valence-corrected chi connectivity index (χ0v) is 10.0. The molecule has 0 heterocycles. The molecule has 0 aromatic rings. The first-order valence-corrected chi connectivity index (χ1v) is 6.95. The molecule has 1 fully saturated rings. The quantitative estimate of drug-likeness (QED) is 0.688. The highest BCUT2D eigenvalue weighted by Crippen LogP contribution is 2.28. The second-order valence-electron chi connectivity index (χ2n) is 3.92. The lowest BCUT2D eigenvalue weighted by molar-refractivity contribution is -0.140. The van der Waals surface area contributed by atoms with Crippen LogP contribution >= 0.6 is 0 Å². The van der Waals surface area contributed by atoms with E-state index in [-0.39, 0.29) is 5.25 Å². The highest BCUT2D eigenvalue weighted by atomic mass is 32.2. The van der Waals surface area contributed by atoms with Crippen molar-refractivity contribution >= 4 is 15.8 Å². The van der Waals surface area contributed by atoms with Crippen LogP contribution in [0, 0.1) is 0 Å². The number of hydrogen-bond acceptors (Lipinski definition) is 4. The van der Waals surface area contributed by atoms with Crippen molar-refractivity contribution in [2.45, 2.75) is 49.5 Å². The van der Waals surface area contributed by atoms with Crippen LogP contribution in [0.1, 0.15) is 39.0 Å². The van der Waals surface area contributed by atoms with Crippen LogP contribution in [0.15, 0.2) is 0 Å². The summed E-state index contributed by atoms with van der Waals surface area (Å²) in [6.45, 7) is 1.70. The highest BCUT2D eigenvalue weighted by Gasteiger charge is 2.39. The van der Waals surface area contributed by atoms with Crippen LogP contribution < -0.4 is 0 Å². The normalized spacial score (nSPS) is 20.1. The van der Waals surface area contributed by atoms with Gasteiger partial charge in [0.15, 0.2) is 15.1 Å². The molecule has 1 aliphatic rings. The van der Waals surface area contributed by atoms with Crippen LogP contribution in [-0.2, 0) is 19.4 Å². The molecule has 1 atom stereocenters. The first-order valence-electron chi connectivity index (χ1n) is 5.34. The van der Waals surface area contributed by atoms with Crippen molar-refractivity contribution in [3.05, 3.63) is 0 Å². The van der Waals surface area contributed by atoms with Gasteiger partial charge in [0.1, 0.15) is 0 Å². The van der Waals surface area contributed by atoms with Gasteiger partial charge in [-0.1, -0.05) is 19.8 Å². The van der Waals surface area contributed by atoms with Crippen molar-refractivity contribution in [3.8, 4) is 0 Å². The summed E-state index contributed by atoms with van der Waals surface area (Å²) < 4.78 is 28.7. The van der Waals surface area contributed by atoms with Crippen molar-refractivity contribution in [2.75, 3.05) is 7.11 Å². The van der Waals surface area contributed by atoms with Crippen LogP contribution in [0.5, 0.6) is 0 Å². The molecule has 5 heteroatoms. The van der Waals surface area contributed by atoms with E-state index >= 15 is 0 Å². The SMILES string of the molecule is CCC(C(=O)OC)S(=O)(=O)C1CCCC1. The van der Waals surface area contributed by atoms with Crippen LogP contribution in [0.4, 0.5) is 0 Å². The Kier molecular flexibility index (Phi) is 4.13. The van der Waals surface area contributed by atoms with E-state index in [9.17, 15) is 13.2 Å². The average Bonchev–Trinajstić information content (AvgIpc) is 2.71. The smallest absolute Gasteiger partial charge is 0.324 e. The standard InChI is InChI=1S/C10H18O4S/c1-3-9(10(11)14-2)15(12,13)8-6-4-5-7-8/h8-9H,3-7H2,1-2H3. The lowest BCUT2D eigenvalue weighted by atomic mass is 10.3. The third-order valence-electron chi connectivity index (χ3n) is 3.00. The van der Waals surface area contributed by atoms with Crippen LogP contribution in [0.25, 0.3) is 0 Å². The zero-order valence-electron chi connectivity index (χ0n) is 9.23. The predicted octanol–water partition coefficient (Wildman–Crippen LogP) is 1.30. The number of rotatable bonds is 4. The fourth-order valence-electron chi connectivity index (χ4n) is 2.11. The first kappa shape index (κ1) is 12.5. The van der Waals surface area contributed by atoms with Gasteiger partial charge in [0, 0.05) is 0 Å². The second kappa shape index (κ2) is 4.96. The molecule has 0 aromatic carbocycles. The molecule has 1 aliphatic carbocycles. The molecule has 1 unspecified atom stereocenters. The molecule has 0 amide bonds. The van der Waals surface area contributed by atoms with E-state index in [4.69, 9.17) is 0 Å². The Balaban J connectivity index is 2.86. The van der Waals surface area contributed by atoms with Crippen LogP contribution in [0.2, 0.25) is 0 Å². The fourth-order valence-corrected chi connectivity index (χ4v) is 4.40. The van der Waals surface area contributed by atoms with Gasteiger partial charge in [0.05, 0.1) is 12.4 Å². The minimum absolute atomic E-state index is 0.297. The van der Waals surface area contributed by atoms with Gasteiger partial charge in [-0.15, -0.1) is 0 Å². The summed E-state index contributed by atoms with van der Waals surface area (Å²) in [4.78, 5) is 11.3. The molecule has 0 N–H and O–H groups in total. The van der Waals surface area contributed by atoms with Gasteiger partial charge < -0.3 is 4.74 Å². The van der Waals surface area contributed by atoms with Crippen molar-refractivity contribution < 1.29 is 17.9 Å². The zero-order chi connectivity index (χ0) is 11.5. The molecule has 4 nitrogen and oxygen atoms in total. The number of sulfone groups is 1. The van der Waals surface area contributed by atoms with Crippen molar-refractivity contribution in [1.29, 1.82) is 0 Å². The Hall–Kier alpha value is -0.580. The molecular formula is C10H18O4S. The number of esters is 1. The van der Waals surface area contributed by atoms with Gasteiger partial charge in [-0.25, -0.2) is 8.42 Å². The summed E-state index contributed by atoms with van der Waals surface area (Å²) in [5.74, 6) is -0.621. The van der Waals surface area contributed by atoms with Gasteiger partial charge in [-0.3, -0.25) is 4.79 Å². The molecule has 0 aromatic heterocycles. The van der Waals surface area contributed by atoms with E-state index in [0.29, 0.717) is 19.3 Å². The van der Waals surface area contributed by atoms with Gasteiger partial charge in [-0.05, 0) is 19.3 Å². The first-order chi connectivity index (χ1) is 7.04. The maximum atomic E-state index is 12.1. The number of carbonyl (C=O) groups excluding carboxylic acids is 1. The molecule has 0 spiro atoms. The number of methoxy groups -OCH3 is 1. The van der Waals surface area contributed by atoms with Crippen molar-refractivity contribution in [2.24, 2.45) is 0 Å². The van der Waals surface area contributed by atoms with Gasteiger partial charge in [-0.2, -0.15) is 0 Å². The summed E-state index contributed by atoms with van der Waals surface area (Å²) >= 11 is 0. The molecule has 0 radical (unpaired) electrons. The summed E-state index contributed by atoms with van der Waals surface area (Å²) in [6.07, 6.45) is 3.57. The number of carbonyl (C=O) groups is 1. The third kappa shape index (κ3) is 2.51. The van der Waals surface area contributed by atoms with Crippen molar-refractivity contribution in [1.82, 2.24) is 0 Å². The molecular weight excluding hydrogens is 216 g/mol. The molecule has 0 aliphatic heterocycles. The van der Waals surface area contributed by atoms with Crippen LogP contribution in [0.3, 0.4) is 0 Å². The summed E-state index contributed by atoms with van der Waals surface area (Å²) in [5, 5.41) is -1.30. The second-order valence-corrected chi connectivity index (χ2v) is 6.33.